The van der Waals surface area contributed by atoms with Gasteiger partial charge in [0.15, 0.2) is 0 Å². The fraction of sp³-hybridized carbons (Fsp3) is 0.462. The average molecular weight is 380 g/mol. The van der Waals surface area contributed by atoms with E-state index >= 15 is 0 Å². The number of rotatable bonds is 6. The molecule has 21 heavy (non-hydrogen) atoms. The number of carbonyl (C=O) groups is 1. The normalized spacial score (nSPS) is 13.4. The van der Waals surface area contributed by atoms with E-state index < -0.39 is 22.1 Å². The molecule has 8 heteroatoms. The fourth-order valence-corrected chi connectivity index (χ4v) is 3.54. The van der Waals surface area contributed by atoms with Gasteiger partial charge in [0.05, 0.1) is 16.6 Å². The monoisotopic (exact) mass is 379 g/mol. The summed E-state index contributed by atoms with van der Waals surface area (Å²) in [5.74, 6) is -1.18. The number of aromatic carboxylic acids is 1. The van der Waals surface area contributed by atoms with Gasteiger partial charge in [-0.2, -0.15) is 0 Å². The van der Waals surface area contributed by atoms with Gasteiger partial charge in [0, 0.05) is 18.1 Å². The average Bonchev–Trinajstić information content (AvgIpc) is 2.38. The van der Waals surface area contributed by atoms with Gasteiger partial charge >= 0.3 is 5.97 Å². The number of aliphatic hydroxyl groups excluding tert-OH is 1. The molecule has 2 N–H and O–H groups in total. The third kappa shape index (κ3) is 4.26. The summed E-state index contributed by atoms with van der Waals surface area (Å²) in [7, 11) is -2.41. The van der Waals surface area contributed by atoms with E-state index in [4.69, 9.17) is 5.11 Å². The van der Waals surface area contributed by atoms with Gasteiger partial charge in [-0.15, -0.1) is 0 Å². The van der Waals surface area contributed by atoms with Crippen LogP contribution in [0, 0.1) is 6.92 Å². The molecule has 1 aromatic carbocycles. The minimum atomic E-state index is -3.80. The predicted octanol–water partition coefficient (Wildman–Crippen LogP) is 1.85. The molecule has 0 aliphatic rings. The molecule has 0 aliphatic heterocycles. The minimum Gasteiger partial charge on any atom is -0.478 e. The van der Waals surface area contributed by atoms with Crippen molar-refractivity contribution in [3.05, 3.63) is 27.7 Å². The molecule has 6 nitrogen and oxygen atoms in total. The van der Waals surface area contributed by atoms with Gasteiger partial charge in [0.25, 0.3) is 0 Å². The minimum absolute atomic E-state index is 0.0631. The van der Waals surface area contributed by atoms with Gasteiger partial charge in [0.2, 0.25) is 10.0 Å². The van der Waals surface area contributed by atoms with Crippen LogP contribution in [0.4, 0.5) is 0 Å². The van der Waals surface area contributed by atoms with E-state index in [0.29, 0.717) is 16.5 Å². The van der Waals surface area contributed by atoms with Gasteiger partial charge in [-0.05, 0) is 38.0 Å². The van der Waals surface area contributed by atoms with Crippen LogP contribution in [0.1, 0.15) is 29.3 Å². The largest absolute Gasteiger partial charge is 0.478 e. The van der Waals surface area contributed by atoms with Crippen LogP contribution >= 0.6 is 15.9 Å². The zero-order chi connectivity index (χ0) is 16.4. The van der Waals surface area contributed by atoms with Crippen LogP contribution in [-0.4, -0.2) is 48.6 Å². The van der Waals surface area contributed by atoms with Gasteiger partial charge < -0.3 is 10.2 Å². The summed E-state index contributed by atoms with van der Waals surface area (Å²) in [6.07, 6.45) is -0.309. The Morgan fingerprint density at radius 1 is 1.43 bits per heavy atom. The molecule has 1 unspecified atom stereocenters. The number of hydrogen-bond donors (Lipinski definition) is 2. The summed E-state index contributed by atoms with van der Waals surface area (Å²) < 4.78 is 26.3. The van der Waals surface area contributed by atoms with Crippen LogP contribution in [0.25, 0.3) is 0 Å². The van der Waals surface area contributed by atoms with Crippen LogP contribution < -0.4 is 0 Å². The molecule has 1 aromatic rings. The first-order valence-corrected chi connectivity index (χ1v) is 8.48. The number of benzene rings is 1. The summed E-state index contributed by atoms with van der Waals surface area (Å²) in [5, 5.41) is 18.4. The first-order chi connectivity index (χ1) is 9.57. The third-order valence-electron chi connectivity index (χ3n) is 3.12. The van der Waals surface area contributed by atoms with E-state index in [1.807, 2.05) is 0 Å². The molecule has 0 aliphatic carbocycles. The van der Waals surface area contributed by atoms with Crippen molar-refractivity contribution in [1.82, 2.24) is 4.31 Å². The highest BCUT2D eigenvalue weighted by molar-refractivity contribution is 9.10. The van der Waals surface area contributed by atoms with Crippen LogP contribution in [-0.2, 0) is 10.0 Å². The highest BCUT2D eigenvalue weighted by Crippen LogP contribution is 2.26. The zero-order valence-electron chi connectivity index (χ0n) is 12.0. The van der Waals surface area contributed by atoms with Crippen LogP contribution in [0.3, 0.4) is 0 Å². The summed E-state index contributed by atoms with van der Waals surface area (Å²) in [6, 6.07) is 2.53. The molecular formula is C13H18BrNO5S. The molecular weight excluding hydrogens is 362 g/mol. The molecule has 0 saturated heterocycles. The Hall–Kier alpha value is -0.960. The van der Waals surface area contributed by atoms with E-state index in [1.54, 1.807) is 13.8 Å². The Balaban J connectivity index is 3.23. The molecule has 0 bridgehead atoms. The Bertz CT molecular complexity index is 642. The molecule has 0 fully saturated rings. The quantitative estimate of drug-likeness (QED) is 0.786. The van der Waals surface area contributed by atoms with E-state index in [1.165, 1.54) is 13.1 Å². The Kier molecular flexibility index (Phi) is 5.92. The van der Waals surface area contributed by atoms with Gasteiger partial charge in [-0.3, -0.25) is 0 Å². The maximum atomic E-state index is 12.4. The van der Waals surface area contributed by atoms with E-state index in [2.05, 4.69) is 15.9 Å². The lowest BCUT2D eigenvalue weighted by atomic mass is 10.1. The first-order valence-electron chi connectivity index (χ1n) is 6.25. The topological polar surface area (TPSA) is 94.9 Å². The number of sulfonamides is 1. The summed E-state index contributed by atoms with van der Waals surface area (Å²) >= 11 is 3.18. The van der Waals surface area contributed by atoms with Crippen LogP contribution in [0.15, 0.2) is 21.5 Å². The number of carboxylic acid groups (broad SMARTS) is 1. The van der Waals surface area contributed by atoms with Gasteiger partial charge in [-0.1, -0.05) is 15.9 Å². The number of carboxylic acids is 1. The maximum absolute atomic E-state index is 12.4. The van der Waals surface area contributed by atoms with E-state index in [9.17, 15) is 18.3 Å². The van der Waals surface area contributed by atoms with E-state index in [0.717, 1.165) is 10.4 Å². The lowest BCUT2D eigenvalue weighted by Crippen LogP contribution is -2.29. The first kappa shape index (κ1) is 18.1. The van der Waals surface area contributed by atoms with Crippen molar-refractivity contribution in [2.45, 2.75) is 31.3 Å². The van der Waals surface area contributed by atoms with Crippen LogP contribution in [0.5, 0.6) is 0 Å². The lowest BCUT2D eigenvalue weighted by Gasteiger charge is -2.19. The highest BCUT2D eigenvalue weighted by Gasteiger charge is 2.24. The lowest BCUT2D eigenvalue weighted by molar-refractivity contribution is 0.0695. The number of aliphatic hydroxyl groups is 1. The molecule has 0 heterocycles. The van der Waals surface area contributed by atoms with Crippen molar-refractivity contribution in [2.75, 3.05) is 13.6 Å². The molecule has 0 aromatic heterocycles. The smallest absolute Gasteiger partial charge is 0.336 e. The number of nitrogens with zero attached hydrogens (tertiary/aromatic N) is 1. The fourth-order valence-electron chi connectivity index (χ4n) is 1.69. The van der Waals surface area contributed by atoms with Crippen LogP contribution in [0.2, 0.25) is 0 Å². The SMILES string of the molecule is Cc1c(Br)cc(S(=O)(=O)N(C)CCC(C)O)cc1C(=O)O. The second kappa shape index (κ2) is 6.87. The van der Waals surface area contributed by atoms with Crippen molar-refractivity contribution in [3.63, 3.8) is 0 Å². The number of hydrogen-bond acceptors (Lipinski definition) is 4. The Morgan fingerprint density at radius 3 is 2.48 bits per heavy atom. The van der Waals surface area contributed by atoms with Crippen molar-refractivity contribution >= 4 is 31.9 Å². The second-order valence-corrected chi connectivity index (χ2v) is 7.75. The number of halogens is 1. The molecule has 1 atom stereocenters. The molecule has 0 spiro atoms. The third-order valence-corrected chi connectivity index (χ3v) is 5.78. The van der Waals surface area contributed by atoms with Crippen molar-refractivity contribution in [1.29, 1.82) is 0 Å². The van der Waals surface area contributed by atoms with Crippen molar-refractivity contribution in [3.8, 4) is 0 Å². The molecule has 118 valence electrons. The molecule has 0 saturated carbocycles. The standard InChI is InChI=1S/C13H18BrNO5S/c1-8(16)4-5-15(3)21(19,20)10-6-11(13(17)18)9(2)12(14)7-10/h6-8,16H,4-5H2,1-3H3,(H,17,18). The van der Waals surface area contributed by atoms with Gasteiger partial charge in [0.1, 0.15) is 0 Å². The van der Waals surface area contributed by atoms with E-state index in [-0.39, 0.29) is 17.0 Å². The maximum Gasteiger partial charge on any atom is 0.336 e. The predicted molar refractivity (Wildman–Crippen MR) is 82.0 cm³/mol. The molecule has 0 amide bonds. The summed E-state index contributed by atoms with van der Waals surface area (Å²) in [4.78, 5) is 11.1. The summed E-state index contributed by atoms with van der Waals surface area (Å²) in [5.41, 5.74) is 0.403. The summed E-state index contributed by atoms with van der Waals surface area (Å²) in [6.45, 7) is 3.32. The Labute approximate surface area is 132 Å². The van der Waals surface area contributed by atoms with Crippen molar-refractivity contribution in [2.24, 2.45) is 0 Å². The van der Waals surface area contributed by atoms with Gasteiger partial charge in [-0.25, -0.2) is 17.5 Å². The highest BCUT2D eigenvalue weighted by atomic mass is 79.9. The Morgan fingerprint density at radius 2 is 2.00 bits per heavy atom. The second-order valence-electron chi connectivity index (χ2n) is 4.85. The van der Waals surface area contributed by atoms with Crippen molar-refractivity contribution < 1.29 is 23.4 Å². The molecule has 1 rings (SSSR count). The molecule has 0 radical (unpaired) electrons. The zero-order valence-corrected chi connectivity index (χ0v) is 14.4.